The molecule has 0 bridgehead atoms. The Morgan fingerprint density at radius 3 is 2.35 bits per heavy atom. The maximum atomic E-state index is 13.3. The molecule has 37 heavy (non-hydrogen) atoms. The number of nitrogens with one attached hydrogen (secondary N) is 1. The third kappa shape index (κ3) is 4.22. The lowest BCUT2D eigenvalue weighted by atomic mass is 9.91. The van der Waals surface area contributed by atoms with Crippen LogP contribution in [0.2, 0.25) is 0 Å². The van der Waals surface area contributed by atoms with Gasteiger partial charge in [-0.2, -0.15) is 0 Å². The topological polar surface area (TPSA) is 133 Å². The average molecular weight is 499 g/mol. The Hall–Kier alpha value is -4.53. The Bertz CT molecular complexity index is 1420. The molecule has 4 unspecified atom stereocenters. The van der Waals surface area contributed by atoms with Crippen LogP contribution in [0.15, 0.2) is 72.8 Å². The molecule has 2 saturated heterocycles. The molecular formula is C28H23N2O7-. The molecule has 9 heteroatoms. The van der Waals surface area contributed by atoms with Crippen molar-refractivity contribution < 1.29 is 33.8 Å². The average Bonchev–Trinajstić information content (AvgIpc) is 3.14. The molecule has 2 heterocycles. The highest BCUT2D eigenvalue weighted by molar-refractivity contribution is 6.12. The third-order valence-corrected chi connectivity index (χ3v) is 7.01. The first-order valence-electron chi connectivity index (χ1n) is 11.8. The van der Waals surface area contributed by atoms with Gasteiger partial charge in [0.1, 0.15) is 18.7 Å². The molecular weight excluding hydrogens is 476 g/mol. The predicted molar refractivity (Wildman–Crippen MR) is 128 cm³/mol. The summed E-state index contributed by atoms with van der Waals surface area (Å²) < 4.78 is 5.50. The van der Waals surface area contributed by atoms with Crippen molar-refractivity contribution in [3.05, 3.63) is 83.9 Å². The maximum Gasteiger partial charge on any atom is 0.323 e. The van der Waals surface area contributed by atoms with E-state index in [-0.39, 0.29) is 6.61 Å². The monoisotopic (exact) mass is 499 g/mol. The van der Waals surface area contributed by atoms with Gasteiger partial charge in [0.2, 0.25) is 11.8 Å². The van der Waals surface area contributed by atoms with Crippen molar-refractivity contribution in [1.82, 2.24) is 10.2 Å². The van der Waals surface area contributed by atoms with Crippen LogP contribution in [0.25, 0.3) is 10.8 Å². The molecule has 0 radical (unpaired) electrons. The number of Topliss-reactive ketones (excluding diaryl/α,β-unsaturated/α-hetero) is 1. The van der Waals surface area contributed by atoms with Crippen LogP contribution in [0, 0.1) is 5.92 Å². The number of carboxylic acids is 1. The molecule has 9 nitrogen and oxygen atoms in total. The molecule has 2 fully saturated rings. The number of nitrogens with zero attached hydrogens (tertiary/aromatic N) is 1. The van der Waals surface area contributed by atoms with Crippen LogP contribution >= 0.6 is 0 Å². The van der Waals surface area contributed by atoms with Crippen molar-refractivity contribution in [3.63, 3.8) is 0 Å². The molecule has 188 valence electrons. The van der Waals surface area contributed by atoms with Crippen molar-refractivity contribution >= 4 is 40.3 Å². The lowest BCUT2D eigenvalue weighted by molar-refractivity contribution is -0.312. The van der Waals surface area contributed by atoms with Gasteiger partial charge in [-0.1, -0.05) is 73.7 Å². The van der Waals surface area contributed by atoms with E-state index in [0.717, 1.165) is 21.2 Å². The molecule has 2 aliphatic heterocycles. The number of fused-ring (bicyclic) bond motifs is 2. The van der Waals surface area contributed by atoms with Gasteiger partial charge in [0.05, 0.1) is 12.0 Å². The Labute approximate surface area is 212 Å². The Morgan fingerprint density at radius 2 is 1.65 bits per heavy atom. The van der Waals surface area contributed by atoms with Crippen molar-refractivity contribution in [2.45, 2.75) is 37.6 Å². The number of rotatable bonds is 7. The summed E-state index contributed by atoms with van der Waals surface area (Å²) in [5.41, 5.74) is 1.09. The molecule has 0 aliphatic carbocycles. The largest absolute Gasteiger partial charge is 0.548 e. The quantitative estimate of drug-likeness (QED) is 0.287. The summed E-state index contributed by atoms with van der Waals surface area (Å²) in [4.78, 5) is 64.1. The summed E-state index contributed by atoms with van der Waals surface area (Å²) in [5.74, 6) is -6.70. The highest BCUT2D eigenvalue weighted by Gasteiger charge is 2.62. The predicted octanol–water partition coefficient (Wildman–Crippen LogP) is 0.700. The van der Waals surface area contributed by atoms with Gasteiger partial charge in [-0.15, -0.1) is 0 Å². The highest BCUT2D eigenvalue weighted by Crippen LogP contribution is 2.37. The van der Waals surface area contributed by atoms with E-state index in [4.69, 9.17) is 4.74 Å². The number of ether oxygens (including phenoxy) is 1. The van der Waals surface area contributed by atoms with Gasteiger partial charge in [0, 0.05) is 5.92 Å². The van der Waals surface area contributed by atoms with Gasteiger partial charge in [0.15, 0.2) is 11.7 Å². The minimum absolute atomic E-state index is 0.0671. The SMILES string of the molecule is CC1C(=O)[C@@H]2C(NC(=O)C(C(=O)OCc3ccc4ccccc4c3)c3ccccc3)C(=O)N2C1C(=O)[O-]. The van der Waals surface area contributed by atoms with E-state index in [2.05, 4.69) is 5.32 Å². The minimum Gasteiger partial charge on any atom is -0.548 e. The van der Waals surface area contributed by atoms with E-state index in [9.17, 15) is 29.1 Å². The van der Waals surface area contributed by atoms with Crippen LogP contribution in [0.5, 0.6) is 0 Å². The lowest BCUT2D eigenvalue weighted by Gasteiger charge is -2.44. The van der Waals surface area contributed by atoms with Gasteiger partial charge < -0.3 is 24.9 Å². The standard InChI is InChI=1S/C28H24N2O7/c1-15-22(27(34)35)30-23(24(15)31)21(26(30)33)29-25(32)20(18-8-3-2-4-9-18)28(36)37-14-16-11-12-17-7-5-6-10-19(17)13-16/h2-13,15,20-23H,14H2,1H3,(H,29,32)(H,34,35)/p-1/t15?,20?,21?,22?,23-/m0/s1. The molecule has 3 aromatic carbocycles. The second-order valence-electron chi connectivity index (χ2n) is 9.26. The van der Waals surface area contributed by atoms with Gasteiger partial charge in [0.25, 0.3) is 0 Å². The van der Waals surface area contributed by atoms with E-state index in [1.165, 1.54) is 6.92 Å². The Morgan fingerprint density at radius 1 is 0.973 bits per heavy atom. The zero-order chi connectivity index (χ0) is 26.3. The minimum atomic E-state index is -1.53. The van der Waals surface area contributed by atoms with Crippen molar-refractivity contribution in [3.8, 4) is 0 Å². The number of carboxylic acid groups (broad SMARTS) is 1. The number of amides is 2. The molecule has 0 saturated carbocycles. The number of aliphatic carboxylic acids is 1. The number of β-lactam (4-membered cyclic amide) rings is 1. The zero-order valence-electron chi connectivity index (χ0n) is 19.8. The fourth-order valence-electron chi connectivity index (χ4n) is 5.09. The number of hydrogen-bond donors (Lipinski definition) is 1. The van der Waals surface area contributed by atoms with E-state index in [1.807, 2.05) is 42.5 Å². The summed E-state index contributed by atoms with van der Waals surface area (Å²) in [6.07, 6.45) is 0. The molecule has 2 amide bonds. The molecule has 0 spiro atoms. The smallest absolute Gasteiger partial charge is 0.323 e. The fourth-order valence-corrected chi connectivity index (χ4v) is 5.09. The third-order valence-electron chi connectivity index (χ3n) is 7.01. The zero-order valence-corrected chi connectivity index (χ0v) is 19.8. The van der Waals surface area contributed by atoms with Crippen LogP contribution in [0.4, 0.5) is 0 Å². The fraction of sp³-hybridized carbons (Fsp3) is 0.250. The molecule has 3 aromatic rings. The number of ketones is 1. The van der Waals surface area contributed by atoms with Crippen LogP contribution in [0.3, 0.4) is 0 Å². The van der Waals surface area contributed by atoms with Gasteiger partial charge in [-0.05, 0) is 28.0 Å². The summed E-state index contributed by atoms with van der Waals surface area (Å²) >= 11 is 0. The first kappa shape index (κ1) is 24.2. The second kappa shape index (κ2) is 9.50. The lowest BCUT2D eigenvalue weighted by Crippen LogP contribution is -2.73. The summed E-state index contributed by atoms with van der Waals surface area (Å²) in [6, 6.07) is 17.8. The summed E-state index contributed by atoms with van der Waals surface area (Å²) in [6.45, 7) is 1.34. The molecule has 5 rings (SSSR count). The second-order valence-corrected chi connectivity index (χ2v) is 9.26. The van der Waals surface area contributed by atoms with E-state index >= 15 is 0 Å². The first-order valence-corrected chi connectivity index (χ1v) is 11.8. The van der Waals surface area contributed by atoms with Crippen molar-refractivity contribution in [1.29, 1.82) is 0 Å². The summed E-state index contributed by atoms with van der Waals surface area (Å²) in [7, 11) is 0. The van der Waals surface area contributed by atoms with Crippen molar-refractivity contribution in [2.75, 3.05) is 0 Å². The number of hydrogen-bond acceptors (Lipinski definition) is 7. The normalized spacial score (nSPS) is 23.2. The van der Waals surface area contributed by atoms with Crippen LogP contribution in [0.1, 0.15) is 24.0 Å². The van der Waals surface area contributed by atoms with Crippen LogP contribution in [-0.4, -0.2) is 52.6 Å². The number of carbonyl (C=O) groups is 5. The first-order chi connectivity index (χ1) is 17.8. The Kier molecular flexibility index (Phi) is 6.20. The van der Waals surface area contributed by atoms with Crippen molar-refractivity contribution in [2.24, 2.45) is 5.92 Å². The summed E-state index contributed by atoms with van der Waals surface area (Å²) in [5, 5.41) is 16.0. The number of carbonyl (C=O) groups excluding carboxylic acids is 5. The van der Waals surface area contributed by atoms with Crippen LogP contribution in [-0.2, 0) is 35.3 Å². The molecule has 1 N–H and O–H groups in total. The maximum absolute atomic E-state index is 13.3. The molecule has 2 aliphatic rings. The van der Waals surface area contributed by atoms with Gasteiger partial charge in [-0.3, -0.25) is 19.2 Å². The number of benzene rings is 3. The number of esters is 1. The van der Waals surface area contributed by atoms with Gasteiger partial charge in [-0.25, -0.2) is 0 Å². The van der Waals surface area contributed by atoms with E-state index in [0.29, 0.717) is 5.56 Å². The van der Waals surface area contributed by atoms with Gasteiger partial charge >= 0.3 is 5.97 Å². The highest BCUT2D eigenvalue weighted by atomic mass is 16.5. The van der Waals surface area contributed by atoms with E-state index in [1.54, 1.807) is 30.3 Å². The van der Waals surface area contributed by atoms with Crippen LogP contribution < -0.4 is 10.4 Å². The molecule has 5 atom stereocenters. The van der Waals surface area contributed by atoms with E-state index < -0.39 is 59.5 Å². The Balaban J connectivity index is 1.33. The molecule has 0 aromatic heterocycles.